The van der Waals surface area contributed by atoms with Crippen molar-refractivity contribution in [1.82, 2.24) is 10.2 Å². The first kappa shape index (κ1) is 13.7. The predicted molar refractivity (Wildman–Crippen MR) is 54.6 cm³/mol. The Hall–Kier alpha value is -1.30. The molecule has 0 spiro atoms. The van der Waals surface area contributed by atoms with Gasteiger partial charge in [0.2, 0.25) is 0 Å². The van der Waals surface area contributed by atoms with Crippen LogP contribution in [-0.4, -0.2) is 53.4 Å². The summed E-state index contributed by atoms with van der Waals surface area (Å²) in [6.45, 7) is 3.02. The average molecular weight is 218 g/mol. The second kappa shape index (κ2) is 8.05. The number of carboxylic acids is 1. The third-order valence-corrected chi connectivity index (χ3v) is 1.87. The number of urea groups is 1. The number of carbonyl (C=O) groups excluding carboxylic acids is 1. The summed E-state index contributed by atoms with van der Waals surface area (Å²) >= 11 is 0. The first-order valence-corrected chi connectivity index (χ1v) is 4.97. The van der Waals surface area contributed by atoms with Gasteiger partial charge in [0.1, 0.15) is 0 Å². The van der Waals surface area contributed by atoms with Crippen LogP contribution in [0, 0.1) is 0 Å². The molecule has 0 atom stereocenters. The van der Waals surface area contributed by atoms with Crippen LogP contribution in [0.3, 0.4) is 0 Å². The van der Waals surface area contributed by atoms with Crippen molar-refractivity contribution in [2.24, 2.45) is 0 Å². The van der Waals surface area contributed by atoms with E-state index in [2.05, 4.69) is 5.32 Å². The number of hydrogen-bond donors (Lipinski definition) is 3. The Morgan fingerprint density at radius 1 is 1.40 bits per heavy atom. The monoisotopic (exact) mass is 218 g/mol. The lowest BCUT2D eigenvalue weighted by Crippen LogP contribution is -2.41. The van der Waals surface area contributed by atoms with Crippen molar-refractivity contribution in [2.45, 2.75) is 19.8 Å². The predicted octanol–water partition coefficient (Wildman–Crippen LogP) is -0.125. The van der Waals surface area contributed by atoms with Crippen LogP contribution in [0.5, 0.6) is 0 Å². The van der Waals surface area contributed by atoms with Crippen LogP contribution in [0.2, 0.25) is 0 Å². The van der Waals surface area contributed by atoms with E-state index in [0.717, 1.165) is 0 Å². The van der Waals surface area contributed by atoms with Crippen molar-refractivity contribution in [3.05, 3.63) is 0 Å². The van der Waals surface area contributed by atoms with Gasteiger partial charge in [-0.25, -0.2) is 4.79 Å². The van der Waals surface area contributed by atoms with Gasteiger partial charge >= 0.3 is 12.0 Å². The van der Waals surface area contributed by atoms with E-state index in [1.165, 1.54) is 4.90 Å². The highest BCUT2D eigenvalue weighted by molar-refractivity contribution is 5.75. The highest BCUT2D eigenvalue weighted by Crippen LogP contribution is 1.92. The molecule has 0 aliphatic rings. The number of aliphatic hydroxyl groups excluding tert-OH is 1. The van der Waals surface area contributed by atoms with Gasteiger partial charge in [-0.15, -0.1) is 0 Å². The minimum Gasteiger partial charge on any atom is -0.481 e. The van der Waals surface area contributed by atoms with E-state index in [9.17, 15) is 9.59 Å². The molecule has 6 nitrogen and oxygen atoms in total. The fraction of sp³-hybridized carbons (Fsp3) is 0.778. The summed E-state index contributed by atoms with van der Waals surface area (Å²) < 4.78 is 0. The molecule has 0 aromatic heterocycles. The first-order chi connectivity index (χ1) is 7.11. The molecule has 88 valence electrons. The molecule has 0 rings (SSSR count). The minimum absolute atomic E-state index is 0.0406. The maximum Gasteiger partial charge on any atom is 0.317 e. The zero-order chi connectivity index (χ0) is 11.7. The topological polar surface area (TPSA) is 89.9 Å². The molecule has 6 heteroatoms. The van der Waals surface area contributed by atoms with E-state index < -0.39 is 5.97 Å². The number of carbonyl (C=O) groups is 2. The van der Waals surface area contributed by atoms with Crippen molar-refractivity contribution in [1.29, 1.82) is 0 Å². The highest BCUT2D eigenvalue weighted by atomic mass is 16.4. The molecule has 0 unspecified atom stereocenters. The SMILES string of the molecule is CCN(CCCO)C(=O)NCCC(=O)O. The number of aliphatic hydroxyl groups is 1. The van der Waals surface area contributed by atoms with E-state index in [1.54, 1.807) is 0 Å². The molecule has 0 saturated heterocycles. The number of rotatable bonds is 7. The fourth-order valence-corrected chi connectivity index (χ4v) is 1.05. The van der Waals surface area contributed by atoms with Crippen molar-refractivity contribution >= 4 is 12.0 Å². The number of carboxylic acid groups (broad SMARTS) is 1. The molecule has 0 radical (unpaired) electrons. The van der Waals surface area contributed by atoms with E-state index in [1.807, 2.05) is 6.92 Å². The Bertz CT molecular complexity index is 208. The van der Waals surface area contributed by atoms with Gasteiger partial charge in [0.25, 0.3) is 0 Å². The summed E-state index contributed by atoms with van der Waals surface area (Å²) in [5.41, 5.74) is 0. The summed E-state index contributed by atoms with van der Waals surface area (Å²) in [4.78, 5) is 23.1. The van der Waals surface area contributed by atoms with Crippen molar-refractivity contribution in [2.75, 3.05) is 26.2 Å². The maximum atomic E-state index is 11.4. The van der Waals surface area contributed by atoms with Crippen molar-refractivity contribution in [3.63, 3.8) is 0 Å². The van der Waals surface area contributed by atoms with Gasteiger partial charge in [0.15, 0.2) is 0 Å². The number of hydrogen-bond acceptors (Lipinski definition) is 3. The van der Waals surface area contributed by atoms with E-state index in [-0.39, 0.29) is 25.6 Å². The lowest BCUT2D eigenvalue weighted by Gasteiger charge is -2.20. The van der Waals surface area contributed by atoms with Gasteiger partial charge in [-0.1, -0.05) is 0 Å². The highest BCUT2D eigenvalue weighted by Gasteiger charge is 2.10. The van der Waals surface area contributed by atoms with Crippen LogP contribution in [0.15, 0.2) is 0 Å². The summed E-state index contributed by atoms with van der Waals surface area (Å²) in [6, 6.07) is -0.285. The second-order valence-corrected chi connectivity index (χ2v) is 3.03. The molecule has 0 aromatic carbocycles. The second-order valence-electron chi connectivity index (χ2n) is 3.03. The van der Waals surface area contributed by atoms with Crippen LogP contribution in [0.1, 0.15) is 19.8 Å². The zero-order valence-corrected chi connectivity index (χ0v) is 8.90. The maximum absolute atomic E-state index is 11.4. The standard InChI is InChI=1S/C9H18N2O4/c1-2-11(6-3-7-12)9(15)10-5-4-8(13)14/h12H,2-7H2,1H3,(H,10,15)(H,13,14). The van der Waals surface area contributed by atoms with Gasteiger partial charge in [0.05, 0.1) is 6.42 Å². The largest absolute Gasteiger partial charge is 0.481 e. The fourth-order valence-electron chi connectivity index (χ4n) is 1.05. The Labute approximate surface area is 88.9 Å². The molecule has 0 saturated carbocycles. The third-order valence-electron chi connectivity index (χ3n) is 1.87. The Kier molecular flexibility index (Phi) is 7.35. The Balaban J connectivity index is 3.77. The van der Waals surface area contributed by atoms with Gasteiger partial charge in [-0.3, -0.25) is 4.79 Å². The smallest absolute Gasteiger partial charge is 0.317 e. The molecule has 15 heavy (non-hydrogen) atoms. The van der Waals surface area contributed by atoms with Crippen LogP contribution in [-0.2, 0) is 4.79 Å². The molecule has 0 fully saturated rings. The van der Waals surface area contributed by atoms with Gasteiger partial charge in [0, 0.05) is 26.2 Å². The molecule has 2 amide bonds. The molecule has 3 N–H and O–H groups in total. The van der Waals surface area contributed by atoms with Crippen LogP contribution >= 0.6 is 0 Å². The van der Waals surface area contributed by atoms with Gasteiger partial charge in [-0.2, -0.15) is 0 Å². The Morgan fingerprint density at radius 3 is 2.53 bits per heavy atom. The van der Waals surface area contributed by atoms with E-state index in [4.69, 9.17) is 10.2 Å². The molecular formula is C9H18N2O4. The van der Waals surface area contributed by atoms with Gasteiger partial charge in [-0.05, 0) is 13.3 Å². The zero-order valence-electron chi connectivity index (χ0n) is 8.90. The average Bonchev–Trinajstić information content (AvgIpc) is 2.18. The summed E-state index contributed by atoms with van der Waals surface area (Å²) in [7, 11) is 0. The number of amides is 2. The molecule has 0 bridgehead atoms. The third kappa shape index (κ3) is 6.73. The quantitative estimate of drug-likeness (QED) is 0.555. The molecule has 0 aromatic rings. The van der Waals surface area contributed by atoms with Crippen LogP contribution in [0.4, 0.5) is 4.79 Å². The van der Waals surface area contributed by atoms with E-state index in [0.29, 0.717) is 19.5 Å². The number of aliphatic carboxylic acids is 1. The van der Waals surface area contributed by atoms with E-state index >= 15 is 0 Å². The van der Waals surface area contributed by atoms with Crippen molar-refractivity contribution in [3.8, 4) is 0 Å². The molecule has 0 aliphatic heterocycles. The van der Waals surface area contributed by atoms with Crippen LogP contribution in [0.25, 0.3) is 0 Å². The Morgan fingerprint density at radius 2 is 2.07 bits per heavy atom. The van der Waals surface area contributed by atoms with Gasteiger partial charge < -0.3 is 20.4 Å². The number of nitrogens with one attached hydrogen (secondary N) is 1. The molecule has 0 aliphatic carbocycles. The lowest BCUT2D eigenvalue weighted by molar-refractivity contribution is -0.136. The lowest BCUT2D eigenvalue weighted by atomic mass is 10.4. The van der Waals surface area contributed by atoms with Crippen molar-refractivity contribution < 1.29 is 19.8 Å². The summed E-state index contributed by atoms with van der Waals surface area (Å²) in [5.74, 6) is -0.936. The first-order valence-electron chi connectivity index (χ1n) is 4.97. The number of nitrogens with zero attached hydrogens (tertiary/aromatic N) is 1. The van der Waals surface area contributed by atoms with Crippen LogP contribution < -0.4 is 5.32 Å². The molecule has 0 heterocycles. The normalized spacial score (nSPS) is 9.73. The minimum atomic E-state index is -0.936. The molecular weight excluding hydrogens is 200 g/mol. The summed E-state index contributed by atoms with van der Waals surface area (Å²) in [6.07, 6.45) is 0.448. The summed E-state index contributed by atoms with van der Waals surface area (Å²) in [5, 5.41) is 19.5.